The molecule has 2 fully saturated rings. The second kappa shape index (κ2) is 6.23. The molecular formula is C21H27N5. The van der Waals surface area contributed by atoms with Crippen molar-refractivity contribution in [1.82, 2.24) is 14.9 Å². The number of anilines is 2. The van der Waals surface area contributed by atoms with Gasteiger partial charge in [0.15, 0.2) is 0 Å². The molecule has 0 radical (unpaired) electrons. The molecule has 0 spiro atoms. The lowest BCUT2D eigenvalue weighted by Crippen LogP contribution is -2.52. The van der Waals surface area contributed by atoms with Crippen LogP contribution in [0.25, 0.3) is 11.3 Å². The van der Waals surface area contributed by atoms with Crippen molar-refractivity contribution < 1.29 is 0 Å². The molecule has 0 amide bonds. The molecule has 2 unspecified atom stereocenters. The highest BCUT2D eigenvalue weighted by atomic mass is 15.3. The van der Waals surface area contributed by atoms with Crippen LogP contribution in [-0.4, -0.2) is 46.6 Å². The van der Waals surface area contributed by atoms with Gasteiger partial charge in [-0.2, -0.15) is 4.98 Å². The number of rotatable bonds is 1. The van der Waals surface area contributed by atoms with E-state index in [-0.39, 0.29) is 0 Å². The van der Waals surface area contributed by atoms with E-state index in [0.29, 0.717) is 12.0 Å². The van der Waals surface area contributed by atoms with E-state index in [0.717, 1.165) is 56.5 Å². The second-order valence-electron chi connectivity index (χ2n) is 8.01. The van der Waals surface area contributed by atoms with E-state index >= 15 is 0 Å². The van der Waals surface area contributed by atoms with Gasteiger partial charge >= 0.3 is 0 Å². The van der Waals surface area contributed by atoms with Crippen LogP contribution in [0.5, 0.6) is 0 Å². The zero-order chi connectivity index (χ0) is 17.7. The van der Waals surface area contributed by atoms with E-state index in [1.54, 1.807) is 0 Å². The Morgan fingerprint density at radius 3 is 2.88 bits per heavy atom. The summed E-state index contributed by atoms with van der Waals surface area (Å²) in [5.41, 5.74) is 11.1. The minimum absolute atomic E-state index is 0.401. The maximum absolute atomic E-state index is 6.17. The van der Waals surface area contributed by atoms with E-state index < -0.39 is 0 Å². The lowest BCUT2D eigenvalue weighted by Gasteiger charge is -2.40. The van der Waals surface area contributed by atoms with Crippen LogP contribution < -0.4 is 10.6 Å². The third-order valence-electron chi connectivity index (χ3n) is 6.46. The molecule has 2 atom stereocenters. The van der Waals surface area contributed by atoms with Gasteiger partial charge in [-0.1, -0.05) is 24.3 Å². The Balaban J connectivity index is 1.56. The first-order chi connectivity index (χ1) is 12.7. The topological polar surface area (TPSA) is 58.3 Å². The van der Waals surface area contributed by atoms with Gasteiger partial charge in [-0.25, -0.2) is 4.98 Å². The van der Waals surface area contributed by atoms with Crippen molar-refractivity contribution in [3.05, 3.63) is 35.4 Å². The molecule has 26 heavy (non-hydrogen) atoms. The van der Waals surface area contributed by atoms with Gasteiger partial charge in [-0.05, 0) is 44.6 Å². The Morgan fingerprint density at radius 1 is 1.08 bits per heavy atom. The normalized spacial score (nSPS) is 25.3. The summed E-state index contributed by atoms with van der Waals surface area (Å²) >= 11 is 0. The molecule has 3 heterocycles. The summed E-state index contributed by atoms with van der Waals surface area (Å²) in [7, 11) is 0. The minimum atomic E-state index is 0.401. The Hall–Kier alpha value is -2.14. The Labute approximate surface area is 155 Å². The molecule has 5 heteroatoms. The maximum Gasteiger partial charge on any atom is 0.222 e. The van der Waals surface area contributed by atoms with E-state index in [1.807, 2.05) is 0 Å². The summed E-state index contributed by atoms with van der Waals surface area (Å²) in [6.45, 7) is 5.59. The first-order valence-corrected chi connectivity index (χ1v) is 9.96. The summed E-state index contributed by atoms with van der Waals surface area (Å²) in [5.74, 6) is 1.49. The van der Waals surface area contributed by atoms with Crippen molar-refractivity contribution in [3.63, 3.8) is 0 Å². The molecule has 0 bridgehead atoms. The molecule has 2 aromatic rings. The first-order valence-electron chi connectivity index (χ1n) is 9.96. The van der Waals surface area contributed by atoms with Gasteiger partial charge in [0.25, 0.3) is 0 Å². The van der Waals surface area contributed by atoms with Gasteiger partial charge in [0.2, 0.25) is 5.95 Å². The average Bonchev–Trinajstić information content (AvgIpc) is 2.92. The molecule has 3 aliphatic rings. The molecule has 136 valence electrons. The van der Waals surface area contributed by atoms with Gasteiger partial charge in [0.05, 0.1) is 5.69 Å². The fourth-order valence-corrected chi connectivity index (χ4v) is 5.13. The lowest BCUT2D eigenvalue weighted by atomic mass is 10.0. The SMILES string of the molecule is CC1CCC2CN(c3nc(N)nc4c3CCCc3ccccc3-4)CCN12. The predicted molar refractivity (Wildman–Crippen MR) is 105 cm³/mol. The maximum atomic E-state index is 6.17. The van der Waals surface area contributed by atoms with E-state index in [2.05, 4.69) is 46.0 Å². The van der Waals surface area contributed by atoms with Gasteiger partial charge < -0.3 is 10.6 Å². The van der Waals surface area contributed by atoms with Crippen molar-refractivity contribution in [2.24, 2.45) is 0 Å². The first kappa shape index (κ1) is 16.1. The van der Waals surface area contributed by atoms with Crippen LogP contribution in [0.2, 0.25) is 0 Å². The van der Waals surface area contributed by atoms with Crippen molar-refractivity contribution in [3.8, 4) is 11.3 Å². The molecule has 2 saturated heterocycles. The molecule has 1 aromatic carbocycles. The number of aryl methyl sites for hydroxylation is 1. The fourth-order valence-electron chi connectivity index (χ4n) is 5.13. The number of benzene rings is 1. The number of aromatic nitrogens is 2. The summed E-state index contributed by atoms with van der Waals surface area (Å²) in [6.07, 6.45) is 5.88. The highest BCUT2D eigenvalue weighted by Gasteiger charge is 2.36. The number of hydrogen-bond acceptors (Lipinski definition) is 5. The lowest BCUT2D eigenvalue weighted by molar-refractivity contribution is 0.184. The van der Waals surface area contributed by atoms with Crippen LogP contribution in [0, 0.1) is 0 Å². The number of fused-ring (bicyclic) bond motifs is 4. The Kier molecular flexibility index (Phi) is 3.85. The molecule has 2 N–H and O–H groups in total. The summed E-state index contributed by atoms with van der Waals surface area (Å²) < 4.78 is 0. The van der Waals surface area contributed by atoms with Crippen LogP contribution in [0.15, 0.2) is 24.3 Å². The number of nitrogens with two attached hydrogens (primary N) is 1. The van der Waals surface area contributed by atoms with E-state index in [4.69, 9.17) is 10.7 Å². The molecule has 5 nitrogen and oxygen atoms in total. The summed E-state index contributed by atoms with van der Waals surface area (Å²) in [5, 5.41) is 0. The number of hydrogen-bond donors (Lipinski definition) is 1. The molecule has 2 aliphatic heterocycles. The third-order valence-corrected chi connectivity index (χ3v) is 6.46. The summed E-state index contributed by atoms with van der Waals surface area (Å²) in [4.78, 5) is 14.6. The quantitative estimate of drug-likeness (QED) is 0.858. The second-order valence-corrected chi connectivity index (χ2v) is 8.01. The van der Waals surface area contributed by atoms with Crippen molar-refractivity contribution in [2.45, 2.75) is 51.1 Å². The van der Waals surface area contributed by atoms with Crippen LogP contribution in [0.1, 0.15) is 37.3 Å². The van der Waals surface area contributed by atoms with E-state index in [9.17, 15) is 0 Å². The van der Waals surface area contributed by atoms with Gasteiger partial charge in [0.1, 0.15) is 5.82 Å². The van der Waals surface area contributed by atoms with Crippen LogP contribution in [-0.2, 0) is 12.8 Å². The standard InChI is InChI=1S/C21H27N5/c1-14-9-10-16-13-25(11-12-26(14)16)20-18-8-4-6-15-5-2-3-7-17(15)19(18)23-21(22)24-20/h2-3,5,7,14,16H,4,6,8-13H2,1H3,(H2,22,23,24). The number of piperazine rings is 1. The molecular weight excluding hydrogens is 322 g/mol. The average molecular weight is 349 g/mol. The highest BCUT2D eigenvalue weighted by molar-refractivity contribution is 5.74. The minimum Gasteiger partial charge on any atom is -0.368 e. The molecule has 5 rings (SSSR count). The van der Waals surface area contributed by atoms with Gasteiger partial charge in [-0.15, -0.1) is 0 Å². The molecule has 0 saturated carbocycles. The fraction of sp³-hybridized carbons (Fsp3) is 0.524. The van der Waals surface area contributed by atoms with Crippen molar-refractivity contribution in [1.29, 1.82) is 0 Å². The van der Waals surface area contributed by atoms with Crippen molar-refractivity contribution >= 4 is 11.8 Å². The van der Waals surface area contributed by atoms with E-state index in [1.165, 1.54) is 29.5 Å². The van der Waals surface area contributed by atoms with Crippen LogP contribution in [0.3, 0.4) is 0 Å². The third kappa shape index (κ3) is 2.57. The largest absolute Gasteiger partial charge is 0.368 e. The number of nitrogens with zero attached hydrogens (tertiary/aromatic N) is 4. The predicted octanol–water partition coefficient (Wildman–Crippen LogP) is 2.89. The zero-order valence-corrected chi connectivity index (χ0v) is 15.5. The van der Waals surface area contributed by atoms with Gasteiger partial charge in [-0.3, -0.25) is 4.90 Å². The van der Waals surface area contributed by atoms with Crippen LogP contribution >= 0.6 is 0 Å². The Bertz CT molecular complexity index is 833. The van der Waals surface area contributed by atoms with Gasteiger partial charge in [0, 0.05) is 42.8 Å². The zero-order valence-electron chi connectivity index (χ0n) is 15.5. The number of nitrogen functional groups attached to an aromatic ring is 1. The summed E-state index contributed by atoms with van der Waals surface area (Å²) in [6, 6.07) is 10.0. The Morgan fingerprint density at radius 2 is 1.96 bits per heavy atom. The monoisotopic (exact) mass is 349 g/mol. The highest BCUT2D eigenvalue weighted by Crippen LogP contribution is 2.37. The van der Waals surface area contributed by atoms with Crippen molar-refractivity contribution in [2.75, 3.05) is 30.3 Å². The van der Waals surface area contributed by atoms with Crippen LogP contribution in [0.4, 0.5) is 11.8 Å². The molecule has 1 aromatic heterocycles. The smallest absolute Gasteiger partial charge is 0.222 e. The molecule has 1 aliphatic carbocycles.